The molecule has 0 aliphatic carbocycles. The van der Waals surface area contributed by atoms with Crippen molar-refractivity contribution in [3.8, 4) is 0 Å². The van der Waals surface area contributed by atoms with Gasteiger partial charge in [-0.1, -0.05) is 0 Å². The average Bonchev–Trinajstić information content (AvgIpc) is 2.88. The monoisotopic (exact) mass is 390 g/mol. The lowest BCUT2D eigenvalue weighted by atomic mass is 10.0. The van der Waals surface area contributed by atoms with Gasteiger partial charge < -0.3 is 10.2 Å². The van der Waals surface area contributed by atoms with Crippen LogP contribution in [-0.4, -0.2) is 61.8 Å². The Hall–Kier alpha value is -2.81. The maximum Gasteiger partial charge on any atom is 0.262 e. The summed E-state index contributed by atoms with van der Waals surface area (Å²) in [6, 6.07) is 1.37. The summed E-state index contributed by atoms with van der Waals surface area (Å²) in [5, 5.41) is 5.18. The van der Waals surface area contributed by atoms with Crippen molar-refractivity contribution < 1.29 is 23.6 Å². The van der Waals surface area contributed by atoms with Crippen LogP contribution in [0.2, 0.25) is 0 Å². The van der Waals surface area contributed by atoms with E-state index < -0.39 is 35.5 Å². The molecule has 1 aromatic carbocycles. The van der Waals surface area contributed by atoms with E-state index in [0.29, 0.717) is 6.54 Å². The molecule has 150 valence electrons. The Morgan fingerprint density at radius 1 is 1.18 bits per heavy atom. The van der Waals surface area contributed by atoms with Crippen molar-refractivity contribution in [3.05, 3.63) is 29.1 Å². The number of carbonyl (C=O) groups excluding carboxylic acids is 4. The zero-order valence-corrected chi connectivity index (χ0v) is 15.9. The van der Waals surface area contributed by atoms with Gasteiger partial charge in [0.1, 0.15) is 11.9 Å². The van der Waals surface area contributed by atoms with Gasteiger partial charge in [-0.2, -0.15) is 0 Å². The van der Waals surface area contributed by atoms with Gasteiger partial charge in [0.05, 0.1) is 16.8 Å². The molecule has 1 atom stereocenters. The zero-order valence-electron chi connectivity index (χ0n) is 15.9. The normalized spacial score (nSPS) is 19.1. The predicted molar refractivity (Wildman–Crippen MR) is 99.5 cm³/mol. The summed E-state index contributed by atoms with van der Waals surface area (Å²) >= 11 is 0. The maximum absolute atomic E-state index is 14.6. The van der Waals surface area contributed by atoms with Crippen LogP contribution in [0.1, 0.15) is 46.4 Å². The number of nitrogens with zero attached hydrogens (tertiary/aromatic N) is 2. The summed E-state index contributed by atoms with van der Waals surface area (Å²) in [6.07, 6.45) is 1.87. The third-order valence-electron chi connectivity index (χ3n) is 5.09. The first-order chi connectivity index (χ1) is 13.3. The quantitative estimate of drug-likeness (QED) is 0.524. The lowest BCUT2D eigenvalue weighted by molar-refractivity contribution is -0.136. The summed E-state index contributed by atoms with van der Waals surface area (Å²) < 4.78 is 14.6. The summed E-state index contributed by atoms with van der Waals surface area (Å²) in [5.41, 5.74) is 0.252. The van der Waals surface area contributed by atoms with Crippen molar-refractivity contribution in [2.24, 2.45) is 0 Å². The molecule has 1 fully saturated rings. The molecule has 0 bridgehead atoms. The van der Waals surface area contributed by atoms with E-state index in [9.17, 15) is 23.6 Å². The summed E-state index contributed by atoms with van der Waals surface area (Å²) in [4.78, 5) is 51.4. The summed E-state index contributed by atoms with van der Waals surface area (Å²) in [6.45, 7) is 1.45. The van der Waals surface area contributed by atoms with Crippen molar-refractivity contribution in [1.82, 2.24) is 15.5 Å². The van der Waals surface area contributed by atoms with Crippen LogP contribution in [0, 0.1) is 5.82 Å². The number of piperidine rings is 1. The molecule has 0 saturated carbocycles. The minimum absolute atomic E-state index is 0.0405. The number of rotatable bonds is 7. The number of fused-ring (bicyclic) bond motifs is 1. The number of nitrogens with one attached hydrogen (secondary N) is 2. The number of benzene rings is 1. The molecular weight excluding hydrogens is 367 g/mol. The molecule has 0 spiro atoms. The van der Waals surface area contributed by atoms with Crippen LogP contribution >= 0.6 is 0 Å². The molecule has 1 saturated heterocycles. The number of anilines is 1. The molecule has 2 aliphatic rings. The standard InChI is InChI=1S/C19H23FN4O4/c1-21-7-3-4-8-23(2)15-10-12-11(9-13(15)20)18(27)24(19(12)28)14-5-6-16(25)22-17(14)26/h9-10,14,21H,3-8H2,1-2H3,(H,22,25,26). The van der Waals surface area contributed by atoms with Gasteiger partial charge in [-0.15, -0.1) is 0 Å². The molecular formula is C19H23FN4O4. The molecule has 1 aromatic rings. The lowest BCUT2D eigenvalue weighted by Gasteiger charge is -2.27. The SMILES string of the molecule is CNCCCCN(C)c1cc2c(cc1F)C(=O)N(C1CCC(=O)NC1=O)C2=O. The van der Waals surface area contributed by atoms with E-state index in [2.05, 4.69) is 10.6 Å². The second-order valence-corrected chi connectivity index (χ2v) is 7.03. The van der Waals surface area contributed by atoms with E-state index in [1.54, 1.807) is 11.9 Å². The number of unbranched alkanes of at least 4 members (excludes halogenated alkanes) is 1. The van der Waals surface area contributed by atoms with Crippen LogP contribution in [0.25, 0.3) is 0 Å². The van der Waals surface area contributed by atoms with E-state index in [0.717, 1.165) is 30.4 Å². The van der Waals surface area contributed by atoms with E-state index in [1.165, 1.54) is 6.07 Å². The number of halogens is 1. The van der Waals surface area contributed by atoms with Crippen LogP contribution in [0.3, 0.4) is 0 Å². The van der Waals surface area contributed by atoms with Gasteiger partial charge in [0.25, 0.3) is 11.8 Å². The van der Waals surface area contributed by atoms with Crippen molar-refractivity contribution in [2.45, 2.75) is 31.7 Å². The van der Waals surface area contributed by atoms with E-state index in [-0.39, 0.29) is 29.7 Å². The molecule has 2 N–H and O–H groups in total. The van der Waals surface area contributed by atoms with Gasteiger partial charge in [0.15, 0.2) is 0 Å². The fourth-order valence-electron chi connectivity index (χ4n) is 3.54. The minimum Gasteiger partial charge on any atom is -0.372 e. The second-order valence-electron chi connectivity index (χ2n) is 7.03. The number of imide groups is 2. The first kappa shape index (κ1) is 19.9. The van der Waals surface area contributed by atoms with Crippen molar-refractivity contribution >= 4 is 29.3 Å². The van der Waals surface area contributed by atoms with E-state index >= 15 is 0 Å². The molecule has 9 heteroatoms. The first-order valence-electron chi connectivity index (χ1n) is 9.26. The highest BCUT2D eigenvalue weighted by atomic mass is 19.1. The molecule has 3 rings (SSSR count). The van der Waals surface area contributed by atoms with Crippen molar-refractivity contribution in [3.63, 3.8) is 0 Å². The Bertz CT molecular complexity index is 841. The molecule has 0 aromatic heterocycles. The van der Waals surface area contributed by atoms with Crippen molar-refractivity contribution in [2.75, 3.05) is 32.1 Å². The first-order valence-corrected chi connectivity index (χ1v) is 9.26. The zero-order chi connectivity index (χ0) is 20.4. The highest BCUT2D eigenvalue weighted by Gasteiger charge is 2.45. The topological polar surface area (TPSA) is 98.8 Å². The van der Waals surface area contributed by atoms with Gasteiger partial charge in [-0.05, 0) is 45.0 Å². The van der Waals surface area contributed by atoms with Crippen LogP contribution in [0.15, 0.2) is 12.1 Å². The third kappa shape index (κ3) is 3.62. The maximum atomic E-state index is 14.6. The van der Waals surface area contributed by atoms with E-state index in [4.69, 9.17) is 0 Å². The highest BCUT2D eigenvalue weighted by Crippen LogP contribution is 2.32. The smallest absolute Gasteiger partial charge is 0.262 e. The average molecular weight is 390 g/mol. The summed E-state index contributed by atoms with van der Waals surface area (Å²) in [7, 11) is 3.59. The molecule has 4 amide bonds. The summed E-state index contributed by atoms with van der Waals surface area (Å²) in [5.74, 6) is -3.07. The Balaban J connectivity index is 1.83. The van der Waals surface area contributed by atoms with Crippen molar-refractivity contribution in [1.29, 1.82) is 0 Å². The van der Waals surface area contributed by atoms with Crippen LogP contribution < -0.4 is 15.5 Å². The van der Waals surface area contributed by atoms with Crippen LogP contribution in [0.4, 0.5) is 10.1 Å². The molecule has 8 nitrogen and oxygen atoms in total. The Kier molecular flexibility index (Phi) is 5.73. The highest BCUT2D eigenvalue weighted by molar-refractivity contribution is 6.23. The molecule has 2 aliphatic heterocycles. The fourth-order valence-corrected chi connectivity index (χ4v) is 3.54. The predicted octanol–water partition coefficient (Wildman–Crippen LogP) is 0.663. The lowest BCUT2D eigenvalue weighted by Crippen LogP contribution is -2.54. The van der Waals surface area contributed by atoms with E-state index in [1.807, 2.05) is 7.05 Å². The van der Waals surface area contributed by atoms with Gasteiger partial charge >= 0.3 is 0 Å². The molecule has 2 heterocycles. The van der Waals surface area contributed by atoms with Crippen LogP contribution in [0.5, 0.6) is 0 Å². The van der Waals surface area contributed by atoms with Gasteiger partial charge in [0, 0.05) is 20.0 Å². The third-order valence-corrected chi connectivity index (χ3v) is 5.09. The number of amides is 4. The Morgan fingerprint density at radius 2 is 1.86 bits per heavy atom. The van der Waals surface area contributed by atoms with Gasteiger partial charge in [0.2, 0.25) is 11.8 Å². The van der Waals surface area contributed by atoms with Gasteiger partial charge in [-0.3, -0.25) is 29.4 Å². The minimum atomic E-state index is -1.06. The largest absolute Gasteiger partial charge is 0.372 e. The Morgan fingerprint density at radius 3 is 2.50 bits per heavy atom. The molecule has 0 radical (unpaired) electrons. The Labute approximate surface area is 162 Å². The fraction of sp³-hybridized carbons (Fsp3) is 0.474. The number of hydrogen-bond acceptors (Lipinski definition) is 6. The number of hydrogen-bond donors (Lipinski definition) is 2. The van der Waals surface area contributed by atoms with Crippen LogP contribution in [-0.2, 0) is 9.59 Å². The number of carbonyl (C=O) groups is 4. The van der Waals surface area contributed by atoms with Gasteiger partial charge in [-0.25, -0.2) is 4.39 Å². The molecule has 1 unspecified atom stereocenters. The molecule has 28 heavy (non-hydrogen) atoms. The second kappa shape index (κ2) is 8.05.